The molecule has 52 valence electrons. The van der Waals surface area contributed by atoms with Gasteiger partial charge in [-0.2, -0.15) is 4.39 Å². The highest BCUT2D eigenvalue weighted by Gasteiger charge is 2.09. The van der Waals surface area contributed by atoms with Gasteiger partial charge in [0.1, 0.15) is 0 Å². The van der Waals surface area contributed by atoms with Crippen molar-refractivity contribution in [1.82, 2.24) is 0 Å². The summed E-state index contributed by atoms with van der Waals surface area (Å²) in [5.41, 5.74) is 0. The second-order valence-corrected chi connectivity index (χ2v) is 1.72. The molecule has 1 nitrogen and oxygen atoms in total. The second kappa shape index (κ2) is 2.53. The SMILES string of the molecule is OC1=C(F)C(F)=CCC#C1. The Hall–Kier alpha value is -1.30. The minimum Gasteiger partial charge on any atom is -0.499 e. The van der Waals surface area contributed by atoms with E-state index in [4.69, 9.17) is 5.11 Å². The number of hydrogen-bond acceptors (Lipinski definition) is 1. The molecule has 10 heavy (non-hydrogen) atoms. The van der Waals surface area contributed by atoms with Gasteiger partial charge in [-0.1, -0.05) is 5.92 Å². The molecular formula is C7H4F2O. The van der Waals surface area contributed by atoms with Gasteiger partial charge in [0, 0.05) is 6.42 Å². The normalized spacial score (nSPS) is 17.2. The molecule has 0 radical (unpaired) electrons. The van der Waals surface area contributed by atoms with Crippen molar-refractivity contribution in [2.75, 3.05) is 0 Å². The van der Waals surface area contributed by atoms with Crippen LogP contribution in [0.4, 0.5) is 8.78 Å². The number of hydrogen-bond donors (Lipinski definition) is 1. The highest BCUT2D eigenvalue weighted by atomic mass is 19.2. The van der Waals surface area contributed by atoms with E-state index in [1.54, 1.807) is 0 Å². The molecule has 0 bridgehead atoms. The fourth-order valence-corrected chi connectivity index (χ4v) is 0.533. The van der Waals surface area contributed by atoms with Crippen molar-refractivity contribution < 1.29 is 13.9 Å². The van der Waals surface area contributed by atoms with Crippen molar-refractivity contribution in [3.63, 3.8) is 0 Å². The molecule has 0 heterocycles. The third kappa shape index (κ3) is 1.16. The third-order valence-electron chi connectivity index (χ3n) is 1.01. The summed E-state index contributed by atoms with van der Waals surface area (Å²) < 4.78 is 24.6. The maximum atomic E-state index is 12.3. The van der Waals surface area contributed by atoms with Gasteiger partial charge in [-0.3, -0.25) is 0 Å². The van der Waals surface area contributed by atoms with Gasteiger partial charge in [0.2, 0.25) is 11.6 Å². The van der Waals surface area contributed by atoms with Crippen LogP contribution in [0.15, 0.2) is 23.5 Å². The molecule has 0 fully saturated rings. The van der Waals surface area contributed by atoms with Crippen LogP contribution in [0.3, 0.4) is 0 Å². The predicted molar refractivity (Wildman–Crippen MR) is 32.3 cm³/mol. The average molecular weight is 142 g/mol. The fourth-order valence-electron chi connectivity index (χ4n) is 0.533. The number of allylic oxidation sites excluding steroid dienone is 4. The Morgan fingerprint density at radius 1 is 1.50 bits per heavy atom. The van der Waals surface area contributed by atoms with Crippen molar-refractivity contribution in [3.05, 3.63) is 23.5 Å². The number of halogens is 2. The molecule has 0 amide bonds. The zero-order chi connectivity index (χ0) is 7.56. The first-order valence-electron chi connectivity index (χ1n) is 2.65. The van der Waals surface area contributed by atoms with Gasteiger partial charge < -0.3 is 5.11 Å². The summed E-state index contributed by atoms with van der Waals surface area (Å²) in [5, 5.41) is 8.58. The van der Waals surface area contributed by atoms with E-state index in [1.165, 1.54) is 0 Å². The Morgan fingerprint density at radius 3 is 2.90 bits per heavy atom. The lowest BCUT2D eigenvalue weighted by atomic mass is 10.4. The van der Waals surface area contributed by atoms with Crippen LogP contribution < -0.4 is 0 Å². The maximum Gasteiger partial charge on any atom is 0.209 e. The van der Waals surface area contributed by atoms with E-state index in [1.807, 2.05) is 5.92 Å². The van der Waals surface area contributed by atoms with Crippen molar-refractivity contribution in [2.45, 2.75) is 6.42 Å². The standard InChI is InChI=1S/C7H4F2O/c8-5-3-1-2-4-6(10)7(5)9/h3,10H,1H2. The molecule has 1 aliphatic rings. The monoisotopic (exact) mass is 142 g/mol. The Balaban J connectivity index is 3.07. The molecule has 0 spiro atoms. The number of rotatable bonds is 0. The predicted octanol–water partition coefficient (Wildman–Crippen LogP) is 1.99. The second-order valence-electron chi connectivity index (χ2n) is 1.72. The summed E-state index contributed by atoms with van der Waals surface area (Å²) in [6.07, 6.45) is 1.11. The van der Waals surface area contributed by atoms with E-state index in [0.29, 0.717) is 0 Å². The van der Waals surface area contributed by atoms with Gasteiger partial charge in [0.05, 0.1) is 0 Å². The van der Waals surface area contributed by atoms with Crippen molar-refractivity contribution in [3.8, 4) is 11.8 Å². The van der Waals surface area contributed by atoms with Crippen molar-refractivity contribution in [2.24, 2.45) is 0 Å². The lowest BCUT2D eigenvalue weighted by molar-refractivity contribution is 0.398. The molecule has 3 heteroatoms. The van der Waals surface area contributed by atoms with Crippen LogP contribution in [0.25, 0.3) is 0 Å². The lowest BCUT2D eigenvalue weighted by Crippen LogP contribution is -1.81. The van der Waals surface area contributed by atoms with Crippen LogP contribution in [0.5, 0.6) is 0 Å². The van der Waals surface area contributed by atoms with E-state index in [0.717, 1.165) is 6.08 Å². The highest BCUT2D eigenvalue weighted by Crippen LogP contribution is 2.18. The van der Waals surface area contributed by atoms with Crippen LogP contribution in [0.1, 0.15) is 6.42 Å². The summed E-state index contributed by atoms with van der Waals surface area (Å²) in [6.45, 7) is 0. The molecule has 1 rings (SSSR count). The van der Waals surface area contributed by atoms with E-state index < -0.39 is 17.4 Å². The molecule has 1 N–H and O–H groups in total. The van der Waals surface area contributed by atoms with Crippen LogP contribution >= 0.6 is 0 Å². The molecule has 0 saturated heterocycles. The minimum atomic E-state index is -1.27. The van der Waals surface area contributed by atoms with E-state index in [9.17, 15) is 8.78 Å². The summed E-state index contributed by atoms with van der Waals surface area (Å²) in [6, 6.07) is 0. The summed E-state index contributed by atoms with van der Waals surface area (Å²) >= 11 is 0. The molecule has 1 aliphatic carbocycles. The van der Waals surface area contributed by atoms with Crippen LogP contribution in [0.2, 0.25) is 0 Å². The van der Waals surface area contributed by atoms with Crippen molar-refractivity contribution in [1.29, 1.82) is 0 Å². The Labute approximate surface area is 56.7 Å². The average Bonchev–Trinajstić information content (AvgIpc) is 2.04. The minimum absolute atomic E-state index is 0.128. The van der Waals surface area contributed by atoms with Crippen LogP contribution in [-0.4, -0.2) is 5.11 Å². The van der Waals surface area contributed by atoms with Crippen LogP contribution in [0, 0.1) is 11.8 Å². The van der Waals surface area contributed by atoms with Crippen molar-refractivity contribution >= 4 is 0 Å². The quantitative estimate of drug-likeness (QED) is 0.513. The summed E-state index contributed by atoms with van der Waals surface area (Å²) in [7, 11) is 0. The molecule has 0 unspecified atom stereocenters. The molecule has 0 aromatic carbocycles. The summed E-state index contributed by atoms with van der Waals surface area (Å²) in [4.78, 5) is 0. The van der Waals surface area contributed by atoms with Crippen LogP contribution in [-0.2, 0) is 0 Å². The molecular weight excluding hydrogens is 138 g/mol. The first-order valence-corrected chi connectivity index (χ1v) is 2.65. The zero-order valence-electron chi connectivity index (χ0n) is 4.99. The topological polar surface area (TPSA) is 20.2 Å². The Morgan fingerprint density at radius 2 is 2.20 bits per heavy atom. The van der Waals surface area contributed by atoms with Gasteiger partial charge in [-0.05, 0) is 12.0 Å². The first kappa shape index (κ1) is 6.81. The lowest BCUT2D eigenvalue weighted by Gasteiger charge is -1.89. The first-order chi connectivity index (χ1) is 4.72. The molecule has 0 aromatic heterocycles. The third-order valence-corrected chi connectivity index (χ3v) is 1.01. The van der Waals surface area contributed by atoms with E-state index in [-0.39, 0.29) is 6.42 Å². The Kier molecular flexibility index (Phi) is 1.72. The number of aliphatic hydroxyl groups is 1. The molecule has 0 aliphatic heterocycles. The maximum absolute atomic E-state index is 12.3. The number of aliphatic hydroxyl groups excluding tert-OH is 1. The van der Waals surface area contributed by atoms with Gasteiger partial charge in [0.25, 0.3) is 0 Å². The van der Waals surface area contributed by atoms with Gasteiger partial charge >= 0.3 is 0 Å². The van der Waals surface area contributed by atoms with Gasteiger partial charge in [-0.15, -0.1) is 0 Å². The molecule has 0 saturated carbocycles. The Bertz CT molecular complexity index is 265. The highest BCUT2D eigenvalue weighted by molar-refractivity contribution is 5.36. The summed E-state index contributed by atoms with van der Waals surface area (Å²) in [5.74, 6) is 1.23. The molecule has 0 aromatic rings. The van der Waals surface area contributed by atoms with E-state index >= 15 is 0 Å². The largest absolute Gasteiger partial charge is 0.499 e. The van der Waals surface area contributed by atoms with E-state index in [2.05, 4.69) is 5.92 Å². The smallest absolute Gasteiger partial charge is 0.209 e. The zero-order valence-corrected chi connectivity index (χ0v) is 4.99. The fraction of sp³-hybridized carbons (Fsp3) is 0.143. The van der Waals surface area contributed by atoms with Gasteiger partial charge in [-0.25, -0.2) is 4.39 Å². The molecule has 0 atom stereocenters. The van der Waals surface area contributed by atoms with Gasteiger partial charge in [0.15, 0.2) is 5.83 Å².